The fourth-order valence-corrected chi connectivity index (χ4v) is 2.86. The maximum absolute atomic E-state index is 12.6. The highest BCUT2D eigenvalue weighted by Crippen LogP contribution is 2.28. The molecule has 0 saturated carbocycles. The minimum Gasteiger partial charge on any atom is -0.455 e. The molecule has 0 aliphatic carbocycles. The number of ether oxygens (including phenoxy) is 1. The third kappa shape index (κ3) is 6.23. The number of amides is 2. The Hall–Kier alpha value is -3.15. The fourth-order valence-electron chi connectivity index (χ4n) is 2.86. The van der Waals surface area contributed by atoms with Crippen LogP contribution < -0.4 is 10.6 Å². The van der Waals surface area contributed by atoms with Crippen molar-refractivity contribution in [3.63, 3.8) is 0 Å². The molecule has 0 unspecified atom stereocenters. The molecule has 6 heteroatoms. The monoisotopic (exact) mass is 382 g/mol. The molecule has 0 aliphatic heterocycles. The van der Waals surface area contributed by atoms with E-state index in [0.29, 0.717) is 11.4 Å². The zero-order valence-corrected chi connectivity index (χ0v) is 16.4. The molecule has 2 aromatic rings. The van der Waals surface area contributed by atoms with Gasteiger partial charge in [-0.25, -0.2) is 0 Å². The number of benzene rings is 2. The molecule has 2 rings (SSSR count). The zero-order chi connectivity index (χ0) is 20.5. The molecule has 0 fully saturated rings. The van der Waals surface area contributed by atoms with E-state index in [1.807, 2.05) is 44.2 Å². The van der Waals surface area contributed by atoms with Crippen LogP contribution in [0.25, 0.3) is 0 Å². The van der Waals surface area contributed by atoms with E-state index in [1.165, 1.54) is 6.92 Å². The highest BCUT2D eigenvalue weighted by atomic mass is 16.5. The first-order valence-electron chi connectivity index (χ1n) is 9.29. The standard InChI is InChI=1S/C22H26N2O4/c1-4-15(2)21(17-8-6-5-7-9-17)22(27)28-14-20(26)24-19-12-10-18(11-13-19)23-16(3)25/h5-13,15,21H,4,14H2,1-3H3,(H,23,25)(H,24,26)/t15-,21+/m0/s1. The van der Waals surface area contributed by atoms with Crippen molar-refractivity contribution in [2.45, 2.75) is 33.1 Å². The Kier molecular flexibility index (Phi) is 7.75. The molecule has 2 amide bonds. The van der Waals surface area contributed by atoms with Crippen molar-refractivity contribution >= 4 is 29.2 Å². The smallest absolute Gasteiger partial charge is 0.314 e. The molecule has 2 N–H and O–H groups in total. The lowest BCUT2D eigenvalue weighted by Crippen LogP contribution is -2.26. The van der Waals surface area contributed by atoms with Crippen molar-refractivity contribution in [2.24, 2.45) is 5.92 Å². The van der Waals surface area contributed by atoms with Crippen molar-refractivity contribution in [3.8, 4) is 0 Å². The van der Waals surface area contributed by atoms with Crippen LogP contribution in [-0.4, -0.2) is 24.4 Å². The maximum Gasteiger partial charge on any atom is 0.314 e. The Morgan fingerprint density at radius 3 is 2.04 bits per heavy atom. The number of carbonyl (C=O) groups is 3. The summed E-state index contributed by atoms with van der Waals surface area (Å²) in [5.41, 5.74) is 2.07. The Morgan fingerprint density at radius 2 is 1.50 bits per heavy atom. The van der Waals surface area contributed by atoms with Crippen LogP contribution in [0.2, 0.25) is 0 Å². The van der Waals surface area contributed by atoms with Crippen LogP contribution in [0.4, 0.5) is 11.4 Å². The minimum atomic E-state index is -0.420. The summed E-state index contributed by atoms with van der Waals surface area (Å²) in [7, 11) is 0. The van der Waals surface area contributed by atoms with E-state index in [2.05, 4.69) is 10.6 Å². The fraction of sp³-hybridized carbons (Fsp3) is 0.318. The lowest BCUT2D eigenvalue weighted by molar-refractivity contribution is -0.150. The Bertz CT molecular complexity index is 803. The van der Waals surface area contributed by atoms with Gasteiger partial charge in [0.1, 0.15) is 0 Å². The molecule has 0 aromatic heterocycles. The SMILES string of the molecule is CC[C@H](C)[C@@H](C(=O)OCC(=O)Nc1ccc(NC(C)=O)cc1)c1ccccc1. The van der Waals surface area contributed by atoms with E-state index < -0.39 is 17.8 Å². The maximum atomic E-state index is 12.6. The Balaban J connectivity index is 1.93. The summed E-state index contributed by atoms with van der Waals surface area (Å²) in [6.45, 7) is 5.08. The second-order valence-electron chi connectivity index (χ2n) is 6.69. The van der Waals surface area contributed by atoms with Gasteiger partial charge in [-0.2, -0.15) is 0 Å². The van der Waals surface area contributed by atoms with Crippen LogP contribution in [0, 0.1) is 5.92 Å². The summed E-state index contributed by atoms with van der Waals surface area (Å²) in [4.78, 5) is 35.7. The van der Waals surface area contributed by atoms with Crippen LogP contribution >= 0.6 is 0 Å². The normalized spacial score (nSPS) is 12.5. The van der Waals surface area contributed by atoms with Gasteiger partial charge in [0.25, 0.3) is 5.91 Å². The second kappa shape index (κ2) is 10.3. The zero-order valence-electron chi connectivity index (χ0n) is 16.4. The lowest BCUT2D eigenvalue weighted by atomic mass is 9.86. The van der Waals surface area contributed by atoms with Gasteiger partial charge in [0.2, 0.25) is 5.91 Å². The third-order valence-corrected chi connectivity index (χ3v) is 4.46. The van der Waals surface area contributed by atoms with Gasteiger partial charge >= 0.3 is 5.97 Å². The number of hydrogen-bond donors (Lipinski definition) is 2. The van der Waals surface area contributed by atoms with E-state index in [4.69, 9.17) is 4.74 Å². The number of rotatable bonds is 8. The molecule has 2 atom stereocenters. The molecule has 0 bridgehead atoms. The number of esters is 1. The Labute approximate surface area is 165 Å². The number of nitrogens with one attached hydrogen (secondary N) is 2. The molecule has 0 heterocycles. The molecule has 0 aliphatic rings. The highest BCUT2D eigenvalue weighted by molar-refractivity contribution is 5.94. The van der Waals surface area contributed by atoms with Gasteiger partial charge in [-0.1, -0.05) is 50.6 Å². The van der Waals surface area contributed by atoms with Gasteiger partial charge in [-0.05, 0) is 35.7 Å². The predicted molar refractivity (Wildman–Crippen MR) is 109 cm³/mol. The molecule has 148 valence electrons. The first kappa shape index (κ1) is 21.2. The molecule has 0 radical (unpaired) electrons. The summed E-state index contributed by atoms with van der Waals surface area (Å²) in [5.74, 6) is -1.30. The van der Waals surface area contributed by atoms with Gasteiger partial charge in [0.05, 0.1) is 5.92 Å². The molecule has 6 nitrogen and oxygen atoms in total. The quantitative estimate of drug-likeness (QED) is 0.677. The summed E-state index contributed by atoms with van der Waals surface area (Å²) < 4.78 is 5.28. The van der Waals surface area contributed by atoms with E-state index >= 15 is 0 Å². The van der Waals surface area contributed by atoms with Gasteiger partial charge in [0, 0.05) is 18.3 Å². The van der Waals surface area contributed by atoms with E-state index in [1.54, 1.807) is 24.3 Å². The molecule has 2 aromatic carbocycles. The topological polar surface area (TPSA) is 84.5 Å². The van der Waals surface area contributed by atoms with Crippen molar-refractivity contribution in [1.29, 1.82) is 0 Å². The molecular formula is C22H26N2O4. The summed E-state index contributed by atoms with van der Waals surface area (Å²) >= 11 is 0. The van der Waals surface area contributed by atoms with Crippen molar-refractivity contribution in [1.82, 2.24) is 0 Å². The third-order valence-electron chi connectivity index (χ3n) is 4.46. The average molecular weight is 382 g/mol. The predicted octanol–water partition coefficient (Wildman–Crippen LogP) is 3.96. The lowest BCUT2D eigenvalue weighted by Gasteiger charge is -2.21. The number of carbonyl (C=O) groups excluding carboxylic acids is 3. The van der Waals surface area contributed by atoms with Crippen molar-refractivity contribution in [2.75, 3.05) is 17.2 Å². The first-order chi connectivity index (χ1) is 13.4. The number of hydrogen-bond acceptors (Lipinski definition) is 4. The van der Waals surface area contributed by atoms with Crippen molar-refractivity contribution < 1.29 is 19.1 Å². The largest absolute Gasteiger partial charge is 0.455 e. The van der Waals surface area contributed by atoms with Crippen LogP contribution in [0.1, 0.15) is 38.7 Å². The van der Waals surface area contributed by atoms with Gasteiger partial charge in [0.15, 0.2) is 6.61 Å². The summed E-state index contributed by atoms with van der Waals surface area (Å²) in [5, 5.41) is 5.32. The van der Waals surface area contributed by atoms with Gasteiger partial charge < -0.3 is 15.4 Å². The molecule has 0 saturated heterocycles. The minimum absolute atomic E-state index is 0.0966. The van der Waals surface area contributed by atoms with E-state index in [-0.39, 0.29) is 18.4 Å². The summed E-state index contributed by atoms with van der Waals surface area (Å²) in [6.07, 6.45) is 0.821. The van der Waals surface area contributed by atoms with Gasteiger partial charge in [-0.3, -0.25) is 14.4 Å². The molecule has 0 spiro atoms. The molecular weight excluding hydrogens is 356 g/mol. The first-order valence-corrected chi connectivity index (χ1v) is 9.29. The second-order valence-corrected chi connectivity index (χ2v) is 6.69. The van der Waals surface area contributed by atoms with Gasteiger partial charge in [-0.15, -0.1) is 0 Å². The van der Waals surface area contributed by atoms with Crippen LogP contribution in [0.5, 0.6) is 0 Å². The van der Waals surface area contributed by atoms with Crippen LogP contribution in [-0.2, 0) is 19.1 Å². The van der Waals surface area contributed by atoms with E-state index in [9.17, 15) is 14.4 Å². The number of anilines is 2. The molecule has 28 heavy (non-hydrogen) atoms. The van der Waals surface area contributed by atoms with Crippen LogP contribution in [0.15, 0.2) is 54.6 Å². The summed E-state index contributed by atoms with van der Waals surface area (Å²) in [6, 6.07) is 16.1. The van der Waals surface area contributed by atoms with Crippen molar-refractivity contribution in [3.05, 3.63) is 60.2 Å². The highest BCUT2D eigenvalue weighted by Gasteiger charge is 2.27. The Morgan fingerprint density at radius 1 is 0.929 bits per heavy atom. The average Bonchev–Trinajstić information content (AvgIpc) is 2.68. The van der Waals surface area contributed by atoms with E-state index in [0.717, 1.165) is 12.0 Å². The van der Waals surface area contributed by atoms with Crippen LogP contribution in [0.3, 0.4) is 0 Å².